The molecule has 31 heavy (non-hydrogen) atoms. The molecule has 0 unspecified atom stereocenters. The number of aryl methyl sites for hydroxylation is 2. The lowest BCUT2D eigenvalue weighted by atomic mass is 10.1. The molecule has 0 saturated heterocycles. The van der Waals surface area contributed by atoms with E-state index in [0.717, 1.165) is 23.2 Å². The van der Waals surface area contributed by atoms with E-state index < -0.39 is 10.0 Å². The third-order valence-corrected chi connectivity index (χ3v) is 7.89. The van der Waals surface area contributed by atoms with E-state index in [1.54, 1.807) is 19.9 Å². The van der Waals surface area contributed by atoms with E-state index in [2.05, 4.69) is 10.3 Å². The molecule has 1 amide bonds. The predicted molar refractivity (Wildman–Crippen MR) is 124 cm³/mol. The van der Waals surface area contributed by atoms with Crippen LogP contribution in [0, 0.1) is 6.92 Å². The summed E-state index contributed by atoms with van der Waals surface area (Å²) in [5.74, 6) is -0.0180. The van der Waals surface area contributed by atoms with Gasteiger partial charge in [-0.05, 0) is 42.7 Å². The molecule has 1 heterocycles. The number of oxazole rings is 1. The van der Waals surface area contributed by atoms with Crippen molar-refractivity contribution in [2.45, 2.75) is 44.2 Å². The Balaban J connectivity index is 1.73. The van der Waals surface area contributed by atoms with Gasteiger partial charge in [0.25, 0.3) is 5.22 Å². The van der Waals surface area contributed by atoms with Crippen molar-refractivity contribution in [2.75, 3.05) is 24.2 Å². The van der Waals surface area contributed by atoms with Gasteiger partial charge in [-0.2, -0.15) is 4.31 Å². The van der Waals surface area contributed by atoms with Crippen molar-refractivity contribution in [1.29, 1.82) is 0 Å². The summed E-state index contributed by atoms with van der Waals surface area (Å²) in [5, 5.41) is 3.30. The number of nitrogens with zero attached hydrogens (tertiary/aromatic N) is 2. The molecule has 1 N–H and O–H groups in total. The molecule has 0 bridgehead atoms. The highest BCUT2D eigenvalue weighted by atomic mass is 32.2. The van der Waals surface area contributed by atoms with Crippen LogP contribution >= 0.6 is 11.8 Å². The minimum absolute atomic E-state index is 0.134. The van der Waals surface area contributed by atoms with Crippen molar-refractivity contribution in [3.05, 3.63) is 47.5 Å². The molecule has 1 aromatic heterocycles. The van der Waals surface area contributed by atoms with Crippen LogP contribution in [-0.2, 0) is 21.2 Å². The lowest BCUT2D eigenvalue weighted by molar-refractivity contribution is -0.113. The number of nitrogens with one attached hydrogen (secondary N) is 1. The van der Waals surface area contributed by atoms with Crippen LogP contribution in [0.2, 0.25) is 0 Å². The first-order chi connectivity index (χ1) is 14.8. The topological polar surface area (TPSA) is 92.5 Å². The van der Waals surface area contributed by atoms with Gasteiger partial charge in [-0.1, -0.05) is 50.7 Å². The maximum Gasteiger partial charge on any atom is 0.257 e. The van der Waals surface area contributed by atoms with Gasteiger partial charge in [0.1, 0.15) is 5.52 Å². The van der Waals surface area contributed by atoms with Gasteiger partial charge in [0, 0.05) is 18.8 Å². The monoisotopic (exact) mass is 461 g/mol. The average Bonchev–Trinajstić information content (AvgIpc) is 3.16. The van der Waals surface area contributed by atoms with E-state index in [4.69, 9.17) is 4.42 Å². The van der Waals surface area contributed by atoms with Crippen molar-refractivity contribution in [2.24, 2.45) is 0 Å². The van der Waals surface area contributed by atoms with Gasteiger partial charge in [-0.15, -0.1) is 0 Å². The number of fused-ring (bicyclic) bond motifs is 1. The van der Waals surface area contributed by atoms with E-state index in [1.807, 2.05) is 32.0 Å². The van der Waals surface area contributed by atoms with Crippen molar-refractivity contribution >= 4 is 44.5 Å². The maximum atomic E-state index is 12.7. The Kier molecular flexibility index (Phi) is 7.40. The number of carbonyl (C=O) groups excluding carboxylic acids is 1. The van der Waals surface area contributed by atoms with Crippen molar-refractivity contribution in [1.82, 2.24) is 9.29 Å². The molecule has 2 aromatic carbocycles. The molecule has 7 nitrogen and oxygen atoms in total. The fourth-order valence-electron chi connectivity index (χ4n) is 3.33. The number of thioether (sulfide) groups is 1. The fourth-order valence-corrected chi connectivity index (χ4v) is 5.44. The summed E-state index contributed by atoms with van der Waals surface area (Å²) in [6.07, 6.45) is 0.828. The molecule has 166 valence electrons. The van der Waals surface area contributed by atoms with Gasteiger partial charge in [-0.3, -0.25) is 4.79 Å². The summed E-state index contributed by atoms with van der Waals surface area (Å²) >= 11 is 1.17. The number of carbonyl (C=O) groups is 1. The predicted octanol–water partition coefficient (Wildman–Crippen LogP) is 4.46. The first-order valence-electron chi connectivity index (χ1n) is 10.2. The maximum absolute atomic E-state index is 12.7. The summed E-state index contributed by atoms with van der Waals surface area (Å²) in [4.78, 5) is 17.0. The average molecular weight is 462 g/mol. The molecule has 0 spiro atoms. The molecule has 0 radical (unpaired) electrons. The second kappa shape index (κ2) is 9.84. The lowest BCUT2D eigenvalue weighted by Gasteiger charge is -2.18. The molecule has 0 fully saturated rings. The molecular formula is C22H27N3O4S2. The standard InChI is InChI=1S/C22H27N3O4S2/c1-5-16-10-8-9-15(4)21(16)24-20(26)14-30-22-23-18-13-17(11-12-19(18)29-22)31(27,28)25(6-2)7-3/h8-13H,5-7,14H2,1-4H3,(H,24,26). The number of rotatable bonds is 9. The highest BCUT2D eigenvalue weighted by Gasteiger charge is 2.23. The summed E-state index contributed by atoms with van der Waals surface area (Å²) in [6, 6.07) is 10.6. The summed E-state index contributed by atoms with van der Waals surface area (Å²) in [5.41, 5.74) is 3.87. The van der Waals surface area contributed by atoms with E-state index in [-0.39, 0.29) is 16.6 Å². The molecule has 3 rings (SSSR count). The molecule has 0 atom stereocenters. The number of sulfonamides is 1. The van der Waals surface area contributed by atoms with Crippen LogP contribution in [-0.4, -0.2) is 42.5 Å². The minimum Gasteiger partial charge on any atom is -0.431 e. The van der Waals surface area contributed by atoms with Crippen LogP contribution in [0.15, 0.2) is 50.9 Å². The first kappa shape index (κ1) is 23.3. The van der Waals surface area contributed by atoms with Crippen molar-refractivity contribution in [3.8, 4) is 0 Å². The lowest BCUT2D eigenvalue weighted by Crippen LogP contribution is -2.30. The SMILES string of the molecule is CCc1cccc(C)c1NC(=O)CSc1nc2cc(S(=O)(=O)N(CC)CC)ccc2o1. The van der Waals surface area contributed by atoms with Crippen LogP contribution in [0.4, 0.5) is 5.69 Å². The Morgan fingerprint density at radius 1 is 1.16 bits per heavy atom. The second-order valence-corrected chi connectivity index (χ2v) is 9.86. The molecule has 0 saturated carbocycles. The smallest absolute Gasteiger partial charge is 0.257 e. The van der Waals surface area contributed by atoms with Gasteiger partial charge in [0.05, 0.1) is 10.6 Å². The number of aromatic nitrogens is 1. The van der Waals surface area contributed by atoms with Gasteiger partial charge in [0.15, 0.2) is 5.58 Å². The third-order valence-electron chi connectivity index (χ3n) is 5.01. The zero-order valence-corrected chi connectivity index (χ0v) is 19.8. The fraction of sp³-hybridized carbons (Fsp3) is 0.364. The molecule has 3 aromatic rings. The largest absolute Gasteiger partial charge is 0.431 e. The Hall–Kier alpha value is -2.36. The van der Waals surface area contributed by atoms with Crippen LogP contribution in [0.3, 0.4) is 0 Å². The van der Waals surface area contributed by atoms with Crippen LogP contribution < -0.4 is 5.32 Å². The highest BCUT2D eigenvalue weighted by Crippen LogP contribution is 2.27. The number of hydrogen-bond donors (Lipinski definition) is 1. The number of para-hydroxylation sites is 1. The summed E-state index contributed by atoms with van der Waals surface area (Å²) in [7, 11) is -3.57. The Labute approximate surface area is 187 Å². The second-order valence-electron chi connectivity index (χ2n) is 7.00. The van der Waals surface area contributed by atoms with Gasteiger partial charge < -0.3 is 9.73 Å². The van der Waals surface area contributed by atoms with E-state index in [9.17, 15) is 13.2 Å². The number of anilines is 1. The zero-order valence-electron chi connectivity index (χ0n) is 18.1. The van der Waals surface area contributed by atoms with Crippen molar-refractivity contribution < 1.29 is 17.6 Å². The Morgan fingerprint density at radius 3 is 2.58 bits per heavy atom. The number of amides is 1. The van der Waals surface area contributed by atoms with Gasteiger partial charge in [-0.25, -0.2) is 13.4 Å². The molecule has 9 heteroatoms. The number of benzene rings is 2. The normalized spacial score (nSPS) is 11.9. The molecular weight excluding hydrogens is 434 g/mol. The highest BCUT2D eigenvalue weighted by molar-refractivity contribution is 7.99. The van der Waals surface area contributed by atoms with Gasteiger partial charge >= 0.3 is 0 Å². The molecule has 0 aliphatic rings. The van der Waals surface area contributed by atoms with Crippen LogP contribution in [0.1, 0.15) is 31.9 Å². The van der Waals surface area contributed by atoms with Gasteiger partial charge in [0.2, 0.25) is 15.9 Å². The Morgan fingerprint density at radius 2 is 1.90 bits per heavy atom. The molecule has 0 aliphatic carbocycles. The van der Waals surface area contributed by atoms with E-state index in [0.29, 0.717) is 29.4 Å². The zero-order chi connectivity index (χ0) is 22.6. The number of hydrogen-bond acceptors (Lipinski definition) is 6. The third kappa shape index (κ3) is 5.11. The van der Waals surface area contributed by atoms with Crippen LogP contribution in [0.5, 0.6) is 0 Å². The van der Waals surface area contributed by atoms with Crippen LogP contribution in [0.25, 0.3) is 11.1 Å². The summed E-state index contributed by atoms with van der Waals surface area (Å²) in [6.45, 7) is 8.41. The van der Waals surface area contributed by atoms with E-state index >= 15 is 0 Å². The first-order valence-corrected chi connectivity index (χ1v) is 12.6. The quantitative estimate of drug-likeness (QED) is 0.473. The minimum atomic E-state index is -3.57. The Bertz CT molecular complexity index is 1180. The van der Waals surface area contributed by atoms with Crippen molar-refractivity contribution in [3.63, 3.8) is 0 Å². The van der Waals surface area contributed by atoms with E-state index in [1.165, 1.54) is 28.2 Å². The molecule has 0 aliphatic heterocycles. The summed E-state index contributed by atoms with van der Waals surface area (Å²) < 4.78 is 32.5.